The van der Waals surface area contributed by atoms with Crippen LogP contribution in [0.3, 0.4) is 0 Å². The number of amides is 3. The number of rotatable bonds is 4. The summed E-state index contributed by atoms with van der Waals surface area (Å²) in [7, 11) is 1.92. The van der Waals surface area contributed by atoms with Gasteiger partial charge in [0.2, 0.25) is 5.91 Å². The Morgan fingerprint density at radius 2 is 1.95 bits per heavy atom. The number of nitrogens with zero attached hydrogens (tertiary/aromatic N) is 1. The van der Waals surface area contributed by atoms with Crippen LogP contribution in [0, 0.1) is 5.92 Å². The fraction of sp³-hybridized carbons (Fsp3) is 0.857. The molecule has 116 valence electrons. The normalized spacial score (nSPS) is 22.9. The van der Waals surface area contributed by atoms with Gasteiger partial charge in [-0.05, 0) is 53.1 Å². The van der Waals surface area contributed by atoms with Crippen molar-refractivity contribution in [3.63, 3.8) is 0 Å². The lowest BCUT2D eigenvalue weighted by molar-refractivity contribution is -0.121. The van der Waals surface area contributed by atoms with Crippen molar-refractivity contribution in [2.45, 2.75) is 51.6 Å². The Morgan fingerprint density at radius 1 is 1.30 bits per heavy atom. The molecule has 0 spiro atoms. The maximum Gasteiger partial charge on any atom is 0.321 e. The summed E-state index contributed by atoms with van der Waals surface area (Å²) in [5, 5.41) is 5.07. The Labute approximate surface area is 121 Å². The summed E-state index contributed by atoms with van der Waals surface area (Å²) in [5.41, 5.74) is 5.40. The van der Waals surface area contributed by atoms with Crippen LogP contribution in [0.5, 0.6) is 0 Å². The molecule has 0 aromatic rings. The molecule has 4 N–H and O–H groups in total. The molecule has 2 unspecified atom stereocenters. The third kappa shape index (κ3) is 5.46. The maximum absolute atomic E-state index is 11.9. The van der Waals surface area contributed by atoms with Gasteiger partial charge in [-0.25, -0.2) is 4.79 Å². The average molecular weight is 284 g/mol. The first kappa shape index (κ1) is 16.9. The van der Waals surface area contributed by atoms with E-state index in [0.717, 1.165) is 19.3 Å². The lowest BCUT2D eigenvalue weighted by Crippen LogP contribution is -2.51. The van der Waals surface area contributed by atoms with Crippen molar-refractivity contribution in [1.82, 2.24) is 15.5 Å². The molecule has 20 heavy (non-hydrogen) atoms. The highest BCUT2D eigenvalue weighted by Gasteiger charge is 2.30. The maximum atomic E-state index is 11.9. The third-order valence-electron chi connectivity index (χ3n) is 3.62. The molecule has 0 aromatic heterocycles. The van der Waals surface area contributed by atoms with Crippen molar-refractivity contribution in [1.29, 1.82) is 0 Å². The molecule has 1 aliphatic carbocycles. The summed E-state index contributed by atoms with van der Waals surface area (Å²) in [6.07, 6.45) is 3.35. The number of imide groups is 1. The Hall–Kier alpha value is -1.14. The van der Waals surface area contributed by atoms with Crippen molar-refractivity contribution in [2.24, 2.45) is 11.7 Å². The number of hydrogen-bond acceptors (Lipinski definition) is 4. The van der Waals surface area contributed by atoms with Gasteiger partial charge in [0.1, 0.15) is 0 Å². The number of carbonyl (C=O) groups is 2. The van der Waals surface area contributed by atoms with Crippen molar-refractivity contribution in [3.05, 3.63) is 0 Å². The molecule has 0 radical (unpaired) electrons. The van der Waals surface area contributed by atoms with Gasteiger partial charge in [-0.15, -0.1) is 0 Å². The molecule has 0 heterocycles. The molecule has 2 atom stereocenters. The minimum Gasteiger partial charge on any atom is -0.333 e. The van der Waals surface area contributed by atoms with Crippen LogP contribution >= 0.6 is 0 Å². The van der Waals surface area contributed by atoms with E-state index in [9.17, 15) is 9.59 Å². The van der Waals surface area contributed by atoms with Gasteiger partial charge in [0.25, 0.3) is 0 Å². The van der Waals surface area contributed by atoms with E-state index in [-0.39, 0.29) is 18.0 Å². The van der Waals surface area contributed by atoms with E-state index < -0.39 is 6.03 Å². The molecule has 0 aliphatic heterocycles. The predicted octanol–water partition coefficient (Wildman–Crippen LogP) is 0.670. The van der Waals surface area contributed by atoms with Crippen LogP contribution in [-0.4, -0.2) is 48.6 Å². The fourth-order valence-corrected chi connectivity index (χ4v) is 2.75. The molecule has 1 saturated carbocycles. The zero-order valence-corrected chi connectivity index (χ0v) is 13.0. The van der Waals surface area contributed by atoms with Crippen LogP contribution in [0.25, 0.3) is 0 Å². The molecule has 6 nitrogen and oxygen atoms in total. The van der Waals surface area contributed by atoms with Gasteiger partial charge in [-0.1, -0.05) is 6.42 Å². The highest BCUT2D eigenvalue weighted by Crippen LogP contribution is 2.28. The van der Waals surface area contributed by atoms with Gasteiger partial charge in [-0.3, -0.25) is 15.0 Å². The Bertz CT molecular complexity index is 352. The molecule has 1 fully saturated rings. The first-order valence-electron chi connectivity index (χ1n) is 7.25. The monoisotopic (exact) mass is 284 g/mol. The van der Waals surface area contributed by atoms with E-state index in [4.69, 9.17) is 5.73 Å². The lowest BCUT2D eigenvalue weighted by Gasteiger charge is -2.28. The average Bonchev–Trinajstić information content (AvgIpc) is 2.73. The minimum absolute atomic E-state index is 0.221. The smallest absolute Gasteiger partial charge is 0.321 e. The molecule has 3 amide bonds. The SMILES string of the molecule is CN(CC(=O)NC(=O)NC(C)(C)C)C1CCCC1CN. The van der Waals surface area contributed by atoms with E-state index in [1.54, 1.807) is 0 Å². The quantitative estimate of drug-likeness (QED) is 0.708. The molecule has 1 aliphatic rings. The largest absolute Gasteiger partial charge is 0.333 e. The Morgan fingerprint density at radius 3 is 2.50 bits per heavy atom. The summed E-state index contributed by atoms with van der Waals surface area (Å²) in [5.74, 6) is 0.174. The van der Waals surface area contributed by atoms with Gasteiger partial charge >= 0.3 is 6.03 Å². The second kappa shape index (κ2) is 7.04. The predicted molar refractivity (Wildman–Crippen MR) is 79.2 cm³/mol. The van der Waals surface area contributed by atoms with Crippen LogP contribution in [0.1, 0.15) is 40.0 Å². The van der Waals surface area contributed by atoms with E-state index in [0.29, 0.717) is 18.5 Å². The second-order valence-corrected chi connectivity index (χ2v) is 6.66. The van der Waals surface area contributed by atoms with Gasteiger partial charge in [0, 0.05) is 11.6 Å². The molecule has 0 saturated heterocycles. The number of carbonyl (C=O) groups excluding carboxylic acids is 2. The van der Waals surface area contributed by atoms with Gasteiger partial charge in [-0.2, -0.15) is 0 Å². The fourth-order valence-electron chi connectivity index (χ4n) is 2.75. The van der Waals surface area contributed by atoms with Crippen molar-refractivity contribution in [3.8, 4) is 0 Å². The molecule has 0 aromatic carbocycles. The summed E-state index contributed by atoms with van der Waals surface area (Å²) >= 11 is 0. The lowest BCUT2D eigenvalue weighted by atomic mass is 10.0. The zero-order chi connectivity index (χ0) is 15.3. The molecule has 1 rings (SSSR count). The van der Waals surface area contributed by atoms with Crippen LogP contribution in [0.15, 0.2) is 0 Å². The van der Waals surface area contributed by atoms with E-state index in [1.807, 2.05) is 32.7 Å². The van der Waals surface area contributed by atoms with Crippen LogP contribution in [0.4, 0.5) is 4.79 Å². The number of hydrogen-bond donors (Lipinski definition) is 3. The second-order valence-electron chi connectivity index (χ2n) is 6.66. The first-order valence-corrected chi connectivity index (χ1v) is 7.25. The first-order chi connectivity index (χ1) is 9.23. The summed E-state index contributed by atoms with van der Waals surface area (Å²) in [6, 6.07) is -0.103. The molecular formula is C14H28N4O2. The molecular weight excluding hydrogens is 256 g/mol. The number of urea groups is 1. The topological polar surface area (TPSA) is 87.5 Å². The zero-order valence-electron chi connectivity index (χ0n) is 13.0. The number of nitrogens with two attached hydrogens (primary N) is 1. The van der Waals surface area contributed by atoms with Gasteiger partial charge in [0.15, 0.2) is 0 Å². The number of nitrogens with one attached hydrogen (secondary N) is 2. The van der Waals surface area contributed by atoms with Crippen molar-refractivity contribution < 1.29 is 9.59 Å². The third-order valence-corrected chi connectivity index (χ3v) is 3.62. The molecule has 6 heteroatoms. The van der Waals surface area contributed by atoms with Crippen molar-refractivity contribution >= 4 is 11.9 Å². The summed E-state index contributed by atoms with van der Waals surface area (Å²) in [4.78, 5) is 25.5. The van der Waals surface area contributed by atoms with Crippen LogP contribution < -0.4 is 16.4 Å². The highest BCUT2D eigenvalue weighted by molar-refractivity contribution is 5.95. The van der Waals surface area contributed by atoms with Crippen LogP contribution in [0.2, 0.25) is 0 Å². The summed E-state index contributed by atoms with van der Waals surface area (Å²) < 4.78 is 0. The highest BCUT2D eigenvalue weighted by atomic mass is 16.2. The Balaban J connectivity index is 2.40. The van der Waals surface area contributed by atoms with E-state index in [2.05, 4.69) is 10.6 Å². The standard InChI is InChI=1S/C14H28N4O2/c1-14(2,3)17-13(20)16-12(19)9-18(4)11-7-5-6-10(11)8-15/h10-11H,5-9,15H2,1-4H3,(H2,16,17,19,20). The summed E-state index contributed by atoms with van der Waals surface area (Å²) in [6.45, 7) is 6.48. The minimum atomic E-state index is -0.447. The van der Waals surface area contributed by atoms with Gasteiger partial charge in [0.05, 0.1) is 6.54 Å². The number of likely N-dealkylation sites (N-methyl/N-ethyl adjacent to an activating group) is 1. The van der Waals surface area contributed by atoms with Gasteiger partial charge < -0.3 is 11.1 Å². The molecule has 0 bridgehead atoms. The van der Waals surface area contributed by atoms with Crippen molar-refractivity contribution in [2.75, 3.05) is 20.1 Å². The Kier molecular flexibility index (Phi) is 5.95. The van der Waals surface area contributed by atoms with Crippen LogP contribution in [-0.2, 0) is 4.79 Å². The van der Waals surface area contributed by atoms with E-state index in [1.165, 1.54) is 0 Å². The van der Waals surface area contributed by atoms with E-state index >= 15 is 0 Å².